The summed E-state index contributed by atoms with van der Waals surface area (Å²) < 4.78 is 0. The molecule has 4 amide bonds. The van der Waals surface area contributed by atoms with Gasteiger partial charge in [0.2, 0.25) is 5.91 Å². The Morgan fingerprint density at radius 3 is 2.80 bits per heavy atom. The molecule has 2 N–H and O–H groups in total. The van der Waals surface area contributed by atoms with Crippen molar-refractivity contribution in [3.05, 3.63) is 35.4 Å². The van der Waals surface area contributed by atoms with E-state index >= 15 is 0 Å². The molecule has 0 radical (unpaired) electrons. The van der Waals surface area contributed by atoms with Crippen molar-refractivity contribution < 1.29 is 14.4 Å². The molecule has 1 heterocycles. The van der Waals surface area contributed by atoms with E-state index in [0.717, 1.165) is 35.3 Å². The molecule has 0 bridgehead atoms. The van der Waals surface area contributed by atoms with E-state index in [4.69, 9.17) is 0 Å². The second-order valence-electron chi connectivity index (χ2n) is 7.29. The van der Waals surface area contributed by atoms with Crippen LogP contribution in [0.3, 0.4) is 0 Å². The lowest BCUT2D eigenvalue weighted by Gasteiger charge is -2.27. The molecule has 1 aliphatic heterocycles. The number of rotatable bonds is 4. The second-order valence-corrected chi connectivity index (χ2v) is 7.29. The van der Waals surface area contributed by atoms with Crippen LogP contribution in [0.15, 0.2) is 24.3 Å². The zero-order valence-electron chi connectivity index (χ0n) is 14.8. The van der Waals surface area contributed by atoms with Gasteiger partial charge in [0.1, 0.15) is 12.1 Å². The number of carbonyl (C=O) groups excluding carboxylic acids is 3. The van der Waals surface area contributed by atoms with E-state index in [1.807, 2.05) is 38.1 Å². The molecule has 1 spiro atoms. The van der Waals surface area contributed by atoms with Gasteiger partial charge >= 0.3 is 6.03 Å². The van der Waals surface area contributed by atoms with E-state index in [0.29, 0.717) is 18.9 Å². The molecule has 1 saturated heterocycles. The molecule has 25 heavy (non-hydrogen) atoms. The number of nitrogens with zero attached hydrogens (tertiary/aromatic N) is 1. The third-order valence-corrected chi connectivity index (χ3v) is 4.91. The number of urea groups is 1. The minimum atomic E-state index is -1.03. The molecule has 2 aliphatic rings. The minimum absolute atomic E-state index is 0.235. The Bertz CT molecular complexity index is 701. The molecular formula is C19H25N3O3. The van der Waals surface area contributed by atoms with Crippen LogP contribution >= 0.6 is 0 Å². The van der Waals surface area contributed by atoms with Gasteiger partial charge in [-0.3, -0.25) is 14.5 Å². The summed E-state index contributed by atoms with van der Waals surface area (Å²) in [5.41, 5.74) is 0.943. The Hall–Kier alpha value is -2.37. The number of carbonyl (C=O) groups is 3. The van der Waals surface area contributed by atoms with Crippen LogP contribution in [0.2, 0.25) is 0 Å². The summed E-state index contributed by atoms with van der Waals surface area (Å²) in [5.74, 6) is -0.310. The maximum absolute atomic E-state index is 13.1. The topological polar surface area (TPSA) is 78.5 Å². The summed E-state index contributed by atoms with van der Waals surface area (Å²) >= 11 is 0. The summed E-state index contributed by atoms with van der Waals surface area (Å²) in [7, 11) is 0. The van der Waals surface area contributed by atoms with Crippen molar-refractivity contribution in [2.75, 3.05) is 13.1 Å². The molecule has 3 rings (SSSR count). The Kier molecular flexibility index (Phi) is 4.79. The molecule has 1 aromatic rings. The lowest BCUT2D eigenvalue weighted by molar-refractivity contribution is -0.135. The fourth-order valence-electron chi connectivity index (χ4n) is 3.63. The summed E-state index contributed by atoms with van der Waals surface area (Å²) in [4.78, 5) is 38.8. The third kappa shape index (κ3) is 3.25. The Morgan fingerprint density at radius 2 is 2.04 bits per heavy atom. The van der Waals surface area contributed by atoms with Crippen molar-refractivity contribution >= 4 is 17.8 Å². The van der Waals surface area contributed by atoms with Crippen molar-refractivity contribution in [3.8, 4) is 0 Å². The van der Waals surface area contributed by atoms with Gasteiger partial charge in [-0.15, -0.1) is 0 Å². The number of benzene rings is 1. The first-order valence-corrected chi connectivity index (χ1v) is 8.93. The molecule has 1 atom stereocenters. The highest BCUT2D eigenvalue weighted by molar-refractivity contribution is 6.09. The van der Waals surface area contributed by atoms with Gasteiger partial charge in [0, 0.05) is 6.54 Å². The lowest BCUT2D eigenvalue weighted by Crippen LogP contribution is -2.45. The highest BCUT2D eigenvalue weighted by Gasteiger charge is 2.53. The van der Waals surface area contributed by atoms with Gasteiger partial charge in [-0.1, -0.05) is 38.1 Å². The molecule has 6 heteroatoms. The van der Waals surface area contributed by atoms with E-state index in [2.05, 4.69) is 10.6 Å². The smallest absolute Gasteiger partial charge is 0.325 e. The normalized spacial score (nSPS) is 22.8. The summed E-state index contributed by atoms with van der Waals surface area (Å²) in [6.07, 6.45) is 3.31. The van der Waals surface area contributed by atoms with Crippen LogP contribution < -0.4 is 10.6 Å². The molecule has 1 fully saturated rings. The van der Waals surface area contributed by atoms with E-state index in [1.165, 1.54) is 0 Å². The van der Waals surface area contributed by atoms with Crippen LogP contribution in [0.1, 0.15) is 44.2 Å². The zero-order valence-corrected chi connectivity index (χ0v) is 14.8. The van der Waals surface area contributed by atoms with E-state index in [-0.39, 0.29) is 18.4 Å². The molecule has 1 aliphatic carbocycles. The first-order valence-electron chi connectivity index (χ1n) is 8.93. The van der Waals surface area contributed by atoms with Crippen molar-refractivity contribution in [3.63, 3.8) is 0 Å². The van der Waals surface area contributed by atoms with Gasteiger partial charge in [0.25, 0.3) is 5.91 Å². The van der Waals surface area contributed by atoms with Crippen LogP contribution in [0.5, 0.6) is 0 Å². The third-order valence-electron chi connectivity index (χ3n) is 4.91. The number of imide groups is 1. The van der Waals surface area contributed by atoms with Crippen molar-refractivity contribution in [1.29, 1.82) is 0 Å². The monoisotopic (exact) mass is 343 g/mol. The number of fused-ring (bicyclic) bond motifs is 2. The number of hydrogen-bond acceptors (Lipinski definition) is 3. The Morgan fingerprint density at radius 1 is 1.28 bits per heavy atom. The average Bonchev–Trinajstić information content (AvgIpc) is 2.74. The number of aryl methyl sites for hydroxylation is 1. The first kappa shape index (κ1) is 17.5. The van der Waals surface area contributed by atoms with E-state index < -0.39 is 11.6 Å². The predicted molar refractivity (Wildman–Crippen MR) is 93.8 cm³/mol. The Labute approximate surface area is 148 Å². The molecule has 1 aromatic carbocycles. The highest BCUT2D eigenvalue weighted by atomic mass is 16.2. The minimum Gasteiger partial charge on any atom is -0.354 e. The predicted octanol–water partition coefficient (Wildman–Crippen LogP) is 1.93. The molecule has 1 unspecified atom stereocenters. The van der Waals surface area contributed by atoms with Crippen molar-refractivity contribution in [2.45, 2.75) is 45.1 Å². The zero-order chi connectivity index (χ0) is 18.0. The largest absolute Gasteiger partial charge is 0.354 e. The van der Waals surface area contributed by atoms with Gasteiger partial charge in [-0.2, -0.15) is 0 Å². The van der Waals surface area contributed by atoms with Crippen LogP contribution in [0.25, 0.3) is 0 Å². The summed E-state index contributed by atoms with van der Waals surface area (Å²) in [6.45, 7) is 4.27. The number of amides is 4. The summed E-state index contributed by atoms with van der Waals surface area (Å²) in [5, 5.41) is 5.65. The maximum atomic E-state index is 13.1. The van der Waals surface area contributed by atoms with Gasteiger partial charge in [0.15, 0.2) is 0 Å². The van der Waals surface area contributed by atoms with Crippen LogP contribution in [-0.4, -0.2) is 35.8 Å². The fraction of sp³-hybridized carbons (Fsp3) is 0.526. The maximum Gasteiger partial charge on any atom is 0.325 e. The van der Waals surface area contributed by atoms with Gasteiger partial charge < -0.3 is 10.6 Å². The van der Waals surface area contributed by atoms with Crippen molar-refractivity contribution in [1.82, 2.24) is 15.5 Å². The summed E-state index contributed by atoms with van der Waals surface area (Å²) in [6, 6.07) is 7.29. The Balaban J connectivity index is 1.84. The van der Waals surface area contributed by atoms with Crippen LogP contribution in [0, 0.1) is 5.92 Å². The first-order chi connectivity index (χ1) is 11.9. The van der Waals surface area contributed by atoms with Gasteiger partial charge in [0.05, 0.1) is 0 Å². The van der Waals surface area contributed by atoms with Crippen LogP contribution in [0.4, 0.5) is 4.79 Å². The SMILES string of the molecule is CC(C)CNC(=O)CN1C(=O)NC2(CCCCc3ccccc32)C1=O. The number of nitrogens with one attached hydrogen (secondary N) is 2. The molecule has 134 valence electrons. The highest BCUT2D eigenvalue weighted by Crippen LogP contribution is 2.38. The molecule has 0 aromatic heterocycles. The van der Waals surface area contributed by atoms with Crippen molar-refractivity contribution in [2.24, 2.45) is 5.92 Å². The second kappa shape index (κ2) is 6.86. The van der Waals surface area contributed by atoms with E-state index in [1.54, 1.807) is 0 Å². The van der Waals surface area contributed by atoms with Crippen LogP contribution in [-0.2, 0) is 21.5 Å². The molecular weight excluding hydrogens is 318 g/mol. The number of hydrogen-bond donors (Lipinski definition) is 2. The van der Waals surface area contributed by atoms with Gasteiger partial charge in [-0.05, 0) is 42.7 Å². The van der Waals surface area contributed by atoms with Gasteiger partial charge in [-0.25, -0.2) is 4.79 Å². The molecule has 0 saturated carbocycles. The average molecular weight is 343 g/mol. The van der Waals surface area contributed by atoms with E-state index in [9.17, 15) is 14.4 Å². The lowest BCUT2D eigenvalue weighted by atomic mass is 9.84. The quantitative estimate of drug-likeness (QED) is 0.820. The standard InChI is InChI=1S/C19H25N3O3/c1-13(2)11-20-16(23)12-22-17(24)19(21-18(22)25)10-6-5-8-14-7-3-4-9-15(14)19/h3-4,7,9,13H,5-6,8,10-12H2,1-2H3,(H,20,23)(H,21,25). The fourth-order valence-corrected chi connectivity index (χ4v) is 3.63. The molecule has 6 nitrogen and oxygen atoms in total.